The lowest BCUT2D eigenvalue weighted by Crippen LogP contribution is -2.35. The van der Waals surface area contributed by atoms with Crippen LogP contribution in [0.3, 0.4) is 0 Å². The third kappa shape index (κ3) is 1.72. The van der Waals surface area contributed by atoms with Gasteiger partial charge in [-0.2, -0.15) is 0 Å². The highest BCUT2D eigenvalue weighted by Crippen LogP contribution is 2.36. The van der Waals surface area contributed by atoms with Crippen LogP contribution in [-0.2, 0) is 0 Å². The fourth-order valence-electron chi connectivity index (χ4n) is 2.59. The molecule has 0 aromatic carbocycles. The Bertz CT molecular complexity index is 178. The van der Waals surface area contributed by atoms with Crippen molar-refractivity contribution in [2.24, 2.45) is 5.41 Å². The quantitative estimate of drug-likeness (QED) is 0.693. The van der Waals surface area contributed by atoms with Gasteiger partial charge in [-0.3, -0.25) is 4.90 Å². The van der Waals surface area contributed by atoms with E-state index in [-0.39, 0.29) is 12.7 Å². The van der Waals surface area contributed by atoms with Gasteiger partial charge >= 0.3 is 0 Å². The molecule has 2 unspecified atom stereocenters. The maximum absolute atomic E-state index is 12.5. The van der Waals surface area contributed by atoms with E-state index >= 15 is 0 Å². The van der Waals surface area contributed by atoms with Gasteiger partial charge in [0.25, 0.3) is 0 Å². The van der Waals surface area contributed by atoms with Crippen LogP contribution in [0.15, 0.2) is 0 Å². The van der Waals surface area contributed by atoms with Crippen LogP contribution in [0, 0.1) is 5.41 Å². The second-order valence-corrected chi connectivity index (χ2v) is 4.65. The summed E-state index contributed by atoms with van der Waals surface area (Å²) in [5.74, 6) is 0. The topological polar surface area (TPSA) is 15.3 Å². The average molecular weight is 186 g/mol. The summed E-state index contributed by atoms with van der Waals surface area (Å²) in [6.07, 6.45) is 2.53. The van der Waals surface area contributed by atoms with Gasteiger partial charge in [0, 0.05) is 19.1 Å². The molecular formula is C10H19FN2. The summed E-state index contributed by atoms with van der Waals surface area (Å²) in [4.78, 5) is 2.30. The van der Waals surface area contributed by atoms with Crippen molar-refractivity contribution in [3.05, 3.63) is 0 Å². The monoisotopic (exact) mass is 186 g/mol. The first-order valence-corrected chi connectivity index (χ1v) is 5.26. The van der Waals surface area contributed by atoms with E-state index in [0.29, 0.717) is 5.41 Å². The molecule has 3 heteroatoms. The maximum Gasteiger partial charge on any atom is 0.105 e. The van der Waals surface area contributed by atoms with Crippen molar-refractivity contribution in [3.63, 3.8) is 0 Å². The van der Waals surface area contributed by atoms with Gasteiger partial charge in [0.2, 0.25) is 0 Å². The van der Waals surface area contributed by atoms with E-state index in [9.17, 15) is 4.39 Å². The smallest absolute Gasteiger partial charge is 0.105 e. The first-order valence-electron chi connectivity index (χ1n) is 5.26. The Balaban J connectivity index is 1.93. The third-order valence-corrected chi connectivity index (χ3v) is 3.65. The molecular weight excluding hydrogens is 167 g/mol. The van der Waals surface area contributed by atoms with Crippen molar-refractivity contribution in [1.82, 2.24) is 10.2 Å². The highest BCUT2D eigenvalue weighted by molar-refractivity contribution is 4.96. The molecule has 2 heterocycles. The second-order valence-electron chi connectivity index (χ2n) is 4.65. The molecule has 2 aliphatic rings. The number of halogens is 1. The van der Waals surface area contributed by atoms with E-state index in [0.717, 1.165) is 26.2 Å². The minimum atomic E-state index is -0.205. The minimum absolute atomic E-state index is 0.125. The first kappa shape index (κ1) is 9.41. The van der Waals surface area contributed by atoms with Gasteiger partial charge < -0.3 is 5.32 Å². The van der Waals surface area contributed by atoms with Crippen LogP contribution >= 0.6 is 0 Å². The molecule has 0 amide bonds. The third-order valence-electron chi connectivity index (χ3n) is 3.65. The summed E-state index contributed by atoms with van der Waals surface area (Å²) < 4.78 is 12.5. The molecule has 0 bridgehead atoms. The maximum atomic E-state index is 12.5. The highest BCUT2D eigenvalue weighted by atomic mass is 19.1. The van der Waals surface area contributed by atoms with Crippen molar-refractivity contribution >= 4 is 0 Å². The Hall–Kier alpha value is -0.150. The van der Waals surface area contributed by atoms with Crippen LogP contribution in [0.25, 0.3) is 0 Å². The molecule has 2 rings (SSSR count). The van der Waals surface area contributed by atoms with E-state index in [1.807, 2.05) is 6.92 Å². The van der Waals surface area contributed by atoms with Gasteiger partial charge in [-0.1, -0.05) is 0 Å². The first-order chi connectivity index (χ1) is 6.26. The summed E-state index contributed by atoms with van der Waals surface area (Å²) in [5, 5.41) is 3.41. The molecule has 1 N–H and O–H groups in total. The Kier molecular flexibility index (Phi) is 2.56. The summed E-state index contributed by atoms with van der Waals surface area (Å²) in [7, 11) is 0. The molecule has 0 aromatic heterocycles. The number of rotatable bonds is 2. The van der Waals surface area contributed by atoms with Crippen LogP contribution in [0.5, 0.6) is 0 Å². The summed E-state index contributed by atoms with van der Waals surface area (Å²) >= 11 is 0. The largest absolute Gasteiger partial charge is 0.316 e. The van der Waals surface area contributed by atoms with Gasteiger partial charge in [0.15, 0.2) is 0 Å². The molecule has 2 saturated heterocycles. The standard InChI is InChI=1S/C10H19FN2/c1-9(6-11)13-5-3-10(8-13)2-4-12-7-10/h9,12H,2-8H2,1H3. The molecule has 0 aliphatic carbocycles. The fraction of sp³-hybridized carbons (Fsp3) is 1.00. The lowest BCUT2D eigenvalue weighted by atomic mass is 9.86. The van der Waals surface area contributed by atoms with Crippen LogP contribution in [-0.4, -0.2) is 43.8 Å². The van der Waals surface area contributed by atoms with Crippen LogP contribution < -0.4 is 5.32 Å². The normalized spacial score (nSPS) is 37.4. The molecule has 2 fully saturated rings. The molecule has 0 saturated carbocycles. The molecule has 13 heavy (non-hydrogen) atoms. The van der Waals surface area contributed by atoms with E-state index < -0.39 is 0 Å². The Morgan fingerprint density at radius 1 is 1.54 bits per heavy atom. The van der Waals surface area contributed by atoms with Crippen LogP contribution in [0.2, 0.25) is 0 Å². The van der Waals surface area contributed by atoms with E-state index in [1.54, 1.807) is 0 Å². The van der Waals surface area contributed by atoms with E-state index in [2.05, 4.69) is 10.2 Å². The summed E-state index contributed by atoms with van der Waals surface area (Å²) in [6, 6.07) is 0.125. The fourth-order valence-corrected chi connectivity index (χ4v) is 2.59. The van der Waals surface area contributed by atoms with Gasteiger partial charge in [0.1, 0.15) is 6.67 Å². The minimum Gasteiger partial charge on any atom is -0.316 e. The molecule has 0 radical (unpaired) electrons. The molecule has 2 aliphatic heterocycles. The molecule has 1 spiro atoms. The number of nitrogens with one attached hydrogen (secondary N) is 1. The van der Waals surface area contributed by atoms with Crippen molar-refractivity contribution in [2.45, 2.75) is 25.8 Å². The Labute approximate surface area is 79.5 Å². The summed E-state index contributed by atoms with van der Waals surface area (Å²) in [6.45, 7) is 6.27. The number of hydrogen-bond donors (Lipinski definition) is 1. The Morgan fingerprint density at radius 2 is 2.38 bits per heavy atom. The van der Waals surface area contributed by atoms with E-state index in [4.69, 9.17) is 0 Å². The van der Waals surface area contributed by atoms with Gasteiger partial charge in [-0.15, -0.1) is 0 Å². The van der Waals surface area contributed by atoms with E-state index in [1.165, 1.54) is 12.8 Å². The zero-order valence-electron chi connectivity index (χ0n) is 8.35. The number of hydrogen-bond acceptors (Lipinski definition) is 2. The zero-order valence-corrected chi connectivity index (χ0v) is 8.35. The highest BCUT2D eigenvalue weighted by Gasteiger charge is 2.41. The van der Waals surface area contributed by atoms with Gasteiger partial charge in [-0.25, -0.2) is 4.39 Å². The number of alkyl halides is 1. The average Bonchev–Trinajstić information content (AvgIpc) is 2.76. The van der Waals surface area contributed by atoms with Crippen molar-refractivity contribution in [1.29, 1.82) is 0 Å². The Morgan fingerprint density at radius 3 is 3.00 bits per heavy atom. The second kappa shape index (κ2) is 3.54. The van der Waals surface area contributed by atoms with Crippen LogP contribution in [0.4, 0.5) is 4.39 Å². The van der Waals surface area contributed by atoms with Crippen molar-refractivity contribution in [3.8, 4) is 0 Å². The molecule has 2 nitrogen and oxygen atoms in total. The summed E-state index contributed by atoms with van der Waals surface area (Å²) in [5.41, 5.74) is 0.490. The molecule has 2 atom stereocenters. The number of likely N-dealkylation sites (tertiary alicyclic amines) is 1. The predicted octanol–water partition coefficient (Wildman–Crippen LogP) is 1.03. The van der Waals surface area contributed by atoms with Crippen molar-refractivity contribution in [2.75, 3.05) is 32.9 Å². The molecule has 76 valence electrons. The zero-order chi connectivity index (χ0) is 9.31. The van der Waals surface area contributed by atoms with Crippen LogP contribution in [0.1, 0.15) is 19.8 Å². The lowest BCUT2D eigenvalue weighted by Gasteiger charge is -2.25. The van der Waals surface area contributed by atoms with Gasteiger partial charge in [0.05, 0.1) is 0 Å². The van der Waals surface area contributed by atoms with Crippen molar-refractivity contribution < 1.29 is 4.39 Å². The lowest BCUT2D eigenvalue weighted by molar-refractivity contribution is 0.191. The van der Waals surface area contributed by atoms with Gasteiger partial charge in [-0.05, 0) is 38.3 Å². The number of nitrogens with zero attached hydrogens (tertiary/aromatic N) is 1. The molecule has 0 aromatic rings. The SMILES string of the molecule is CC(CF)N1CCC2(CCNC2)C1. The predicted molar refractivity (Wildman–Crippen MR) is 51.5 cm³/mol.